The van der Waals surface area contributed by atoms with Crippen LogP contribution < -0.4 is 0 Å². The second-order valence-electron chi connectivity index (χ2n) is 4.29. The fraction of sp³-hybridized carbons (Fsp3) is 1.00. The van der Waals surface area contributed by atoms with Crippen LogP contribution in [0, 0.1) is 0 Å². The van der Waals surface area contributed by atoms with E-state index < -0.39 is 14.8 Å². The van der Waals surface area contributed by atoms with Gasteiger partial charge in [-0.3, -0.25) is 0 Å². The van der Waals surface area contributed by atoms with Crippen LogP contribution in [0.5, 0.6) is 0 Å². The molecule has 3 nitrogen and oxygen atoms in total. The summed E-state index contributed by atoms with van der Waals surface area (Å²) in [5.74, 6) is 0. The molecule has 0 aromatic heterocycles. The number of sulfonamides is 1. The Morgan fingerprint density at radius 2 is 1.69 bits per heavy atom. The van der Waals surface area contributed by atoms with Crippen molar-refractivity contribution in [3.8, 4) is 0 Å². The van der Waals surface area contributed by atoms with E-state index in [1.54, 1.807) is 27.8 Å². The molecule has 0 radical (unpaired) electrons. The van der Waals surface area contributed by atoms with Crippen molar-refractivity contribution in [1.29, 1.82) is 0 Å². The molecule has 0 fully saturated rings. The smallest absolute Gasteiger partial charge is 0.212 e. The minimum absolute atomic E-state index is 0.621. The molecule has 0 saturated heterocycles. The maximum Gasteiger partial charge on any atom is 0.218 e. The Bertz CT molecular complexity index is 239. The summed E-state index contributed by atoms with van der Waals surface area (Å²) >= 11 is 0. The van der Waals surface area contributed by atoms with Crippen LogP contribution in [0.4, 0.5) is 0 Å². The lowest BCUT2D eigenvalue weighted by molar-refractivity contribution is 0.437. The Labute approximate surface area is 82.2 Å². The van der Waals surface area contributed by atoms with Crippen molar-refractivity contribution in [3.63, 3.8) is 0 Å². The van der Waals surface area contributed by atoms with E-state index in [1.807, 2.05) is 0 Å². The van der Waals surface area contributed by atoms with E-state index in [0.717, 1.165) is 12.8 Å². The highest BCUT2D eigenvalue weighted by Gasteiger charge is 2.32. The Kier molecular flexibility index (Phi) is 4.39. The molecule has 0 N–H and O–H groups in total. The summed E-state index contributed by atoms with van der Waals surface area (Å²) in [7, 11) is -1.47. The first kappa shape index (κ1) is 12.9. The Balaban J connectivity index is 4.48. The first-order valence-electron chi connectivity index (χ1n) is 4.69. The molecule has 0 aromatic rings. The predicted molar refractivity (Wildman–Crippen MR) is 56.2 cm³/mol. The molecular weight excluding hydrogens is 186 g/mol. The molecule has 0 aliphatic rings. The Hall–Kier alpha value is -0.0900. The van der Waals surface area contributed by atoms with E-state index in [4.69, 9.17) is 0 Å². The maximum absolute atomic E-state index is 11.8. The molecule has 0 aromatic carbocycles. The topological polar surface area (TPSA) is 37.4 Å². The zero-order valence-electron chi connectivity index (χ0n) is 9.29. The van der Waals surface area contributed by atoms with Gasteiger partial charge in [-0.05, 0) is 27.2 Å². The van der Waals surface area contributed by atoms with Gasteiger partial charge in [0.05, 0.1) is 4.75 Å². The van der Waals surface area contributed by atoms with Crippen LogP contribution in [0.15, 0.2) is 0 Å². The minimum Gasteiger partial charge on any atom is -0.212 e. The molecule has 4 heteroatoms. The van der Waals surface area contributed by atoms with Gasteiger partial charge in [0.15, 0.2) is 0 Å². The largest absolute Gasteiger partial charge is 0.218 e. The van der Waals surface area contributed by atoms with Gasteiger partial charge in [0.25, 0.3) is 0 Å². The molecule has 0 spiro atoms. The maximum atomic E-state index is 11.8. The molecule has 0 atom stereocenters. The van der Waals surface area contributed by atoms with Crippen LogP contribution in [0.1, 0.15) is 40.5 Å². The Morgan fingerprint density at radius 3 is 2.00 bits per heavy atom. The van der Waals surface area contributed by atoms with Crippen LogP contribution in [-0.2, 0) is 10.0 Å². The molecule has 0 unspecified atom stereocenters. The van der Waals surface area contributed by atoms with Crippen LogP contribution in [0.25, 0.3) is 0 Å². The monoisotopic (exact) mass is 207 g/mol. The van der Waals surface area contributed by atoms with E-state index in [0.29, 0.717) is 6.54 Å². The van der Waals surface area contributed by atoms with Gasteiger partial charge in [-0.15, -0.1) is 0 Å². The third-order valence-corrected chi connectivity index (χ3v) is 4.56. The highest BCUT2D eigenvalue weighted by molar-refractivity contribution is 7.90. The van der Waals surface area contributed by atoms with E-state index >= 15 is 0 Å². The van der Waals surface area contributed by atoms with Crippen LogP contribution in [0.3, 0.4) is 0 Å². The summed E-state index contributed by atoms with van der Waals surface area (Å²) in [5, 5.41) is 0. The van der Waals surface area contributed by atoms with E-state index in [9.17, 15) is 8.42 Å². The van der Waals surface area contributed by atoms with Crippen molar-refractivity contribution < 1.29 is 8.42 Å². The quantitative estimate of drug-likeness (QED) is 0.705. The average molecular weight is 207 g/mol. The summed E-state index contributed by atoms with van der Waals surface area (Å²) in [4.78, 5) is 0. The van der Waals surface area contributed by atoms with Crippen molar-refractivity contribution in [3.05, 3.63) is 0 Å². The van der Waals surface area contributed by atoms with E-state index in [1.165, 1.54) is 4.31 Å². The van der Waals surface area contributed by atoms with Crippen LogP contribution >= 0.6 is 0 Å². The van der Waals surface area contributed by atoms with Crippen molar-refractivity contribution >= 4 is 10.0 Å². The minimum atomic E-state index is -3.12. The lowest BCUT2D eigenvalue weighted by atomic mass is 10.3. The lowest BCUT2D eigenvalue weighted by Crippen LogP contribution is -2.41. The molecule has 80 valence electrons. The normalized spacial score (nSPS) is 13.7. The molecule has 13 heavy (non-hydrogen) atoms. The van der Waals surface area contributed by atoms with Gasteiger partial charge >= 0.3 is 0 Å². The number of unbranched alkanes of at least 4 members (excludes halogenated alkanes) is 1. The molecule has 0 saturated carbocycles. The van der Waals surface area contributed by atoms with Crippen molar-refractivity contribution in [2.45, 2.75) is 45.3 Å². The molecule has 0 aliphatic heterocycles. The van der Waals surface area contributed by atoms with Crippen molar-refractivity contribution in [1.82, 2.24) is 4.31 Å². The predicted octanol–water partition coefficient (Wildman–Crippen LogP) is 1.85. The number of nitrogens with zero attached hydrogens (tertiary/aromatic N) is 1. The van der Waals surface area contributed by atoms with Crippen LogP contribution in [-0.4, -0.2) is 31.1 Å². The standard InChI is InChI=1S/C9H21NO2S/c1-6-7-8-10(5)13(11,12)9(2,3)4/h6-8H2,1-5H3. The zero-order chi connectivity index (χ0) is 10.7. The van der Waals surface area contributed by atoms with Gasteiger partial charge in [-0.2, -0.15) is 0 Å². The van der Waals surface area contributed by atoms with E-state index in [-0.39, 0.29) is 0 Å². The van der Waals surface area contributed by atoms with Crippen molar-refractivity contribution in [2.75, 3.05) is 13.6 Å². The summed E-state index contributed by atoms with van der Waals surface area (Å²) < 4.78 is 24.3. The van der Waals surface area contributed by atoms with Crippen molar-refractivity contribution in [2.24, 2.45) is 0 Å². The zero-order valence-corrected chi connectivity index (χ0v) is 10.1. The fourth-order valence-electron chi connectivity index (χ4n) is 0.968. The first-order chi connectivity index (χ1) is 5.73. The van der Waals surface area contributed by atoms with Gasteiger partial charge in [0.1, 0.15) is 0 Å². The SMILES string of the molecule is CCCCN(C)S(=O)(=O)C(C)(C)C. The van der Waals surface area contributed by atoms with E-state index in [2.05, 4.69) is 6.92 Å². The fourth-order valence-corrected chi connectivity index (χ4v) is 2.27. The van der Waals surface area contributed by atoms with Gasteiger partial charge < -0.3 is 0 Å². The number of hydrogen-bond acceptors (Lipinski definition) is 2. The van der Waals surface area contributed by atoms with Gasteiger partial charge in [0, 0.05) is 13.6 Å². The third-order valence-electron chi connectivity index (χ3n) is 2.01. The highest BCUT2D eigenvalue weighted by Crippen LogP contribution is 2.18. The first-order valence-corrected chi connectivity index (χ1v) is 6.13. The summed E-state index contributed by atoms with van der Waals surface area (Å²) in [6.45, 7) is 7.86. The number of hydrogen-bond donors (Lipinski definition) is 0. The summed E-state index contributed by atoms with van der Waals surface area (Å²) in [5.41, 5.74) is 0. The molecule has 0 heterocycles. The number of rotatable bonds is 4. The Morgan fingerprint density at radius 1 is 1.23 bits per heavy atom. The van der Waals surface area contributed by atoms with Crippen LogP contribution in [0.2, 0.25) is 0 Å². The van der Waals surface area contributed by atoms with Gasteiger partial charge in [-0.25, -0.2) is 12.7 Å². The van der Waals surface area contributed by atoms with Gasteiger partial charge in [-0.1, -0.05) is 13.3 Å². The third kappa shape index (κ3) is 3.27. The molecule has 0 aliphatic carbocycles. The second-order valence-corrected chi connectivity index (χ2v) is 7.09. The molecule has 0 rings (SSSR count). The van der Waals surface area contributed by atoms with Gasteiger partial charge in [0.2, 0.25) is 10.0 Å². The molecule has 0 amide bonds. The summed E-state index contributed by atoms with van der Waals surface area (Å²) in [6.07, 6.45) is 1.94. The highest BCUT2D eigenvalue weighted by atomic mass is 32.2. The second kappa shape index (κ2) is 4.42. The lowest BCUT2D eigenvalue weighted by Gasteiger charge is -2.26. The summed E-state index contributed by atoms with van der Waals surface area (Å²) in [6, 6.07) is 0. The average Bonchev–Trinajstić information content (AvgIpc) is 1.97. The molecular formula is C9H21NO2S. The molecule has 0 bridgehead atoms.